The highest BCUT2D eigenvalue weighted by atomic mass is 35.5. The molecule has 0 unspecified atom stereocenters. The summed E-state index contributed by atoms with van der Waals surface area (Å²) in [5.41, 5.74) is 10.6. The molecule has 0 radical (unpaired) electrons. The summed E-state index contributed by atoms with van der Waals surface area (Å²) in [6.45, 7) is 15.6. The standard InChI is InChI=1S/C36H42ClN5S/c1-7-27-12-10-11-24(4)34(27)41-25(5)18-29(26(41)6)35-33(31-13-8-9-16-38-31)39-36(43)42(35)28-14-15-32(30(37)19-28)40-20-22(2)17-23(3)21-40/h8-16,18-19,22-23,33,35H,7,17,20-21H2,1-6H3,(H,39,43)/t22-,23-,33+,35-/m1/s1. The number of nitrogens with zero attached hydrogens (tertiary/aromatic N) is 4. The Morgan fingerprint density at radius 3 is 2.42 bits per heavy atom. The third-order valence-corrected chi connectivity index (χ3v) is 9.85. The van der Waals surface area contributed by atoms with Gasteiger partial charge in [-0.15, -0.1) is 0 Å². The SMILES string of the molecule is CCc1cccc(C)c1-n1c(C)cc([C@@H]2[C@H](c3ccccn3)NC(=S)N2c2ccc(N3C[C@H](C)C[C@@H](C)C3)c(Cl)c2)c1C. The molecule has 5 nitrogen and oxygen atoms in total. The molecule has 4 atom stereocenters. The molecule has 0 saturated carbocycles. The molecule has 224 valence electrons. The van der Waals surface area contributed by atoms with Gasteiger partial charge in [0.05, 0.1) is 34.2 Å². The number of rotatable bonds is 6. The Balaban J connectivity index is 1.47. The van der Waals surface area contributed by atoms with Gasteiger partial charge in [-0.1, -0.05) is 56.6 Å². The van der Waals surface area contributed by atoms with Crippen LogP contribution in [0.15, 0.2) is 66.9 Å². The molecule has 2 aliphatic rings. The molecule has 2 fully saturated rings. The number of benzene rings is 2. The van der Waals surface area contributed by atoms with Crippen molar-refractivity contribution in [3.8, 4) is 5.69 Å². The van der Waals surface area contributed by atoms with Gasteiger partial charge in [0.25, 0.3) is 0 Å². The molecule has 0 amide bonds. The normalized spacial score (nSPS) is 22.3. The van der Waals surface area contributed by atoms with Crippen molar-refractivity contribution in [1.82, 2.24) is 14.9 Å². The summed E-state index contributed by atoms with van der Waals surface area (Å²) in [5, 5.41) is 5.08. The number of para-hydroxylation sites is 1. The third kappa shape index (κ3) is 5.44. The highest BCUT2D eigenvalue weighted by molar-refractivity contribution is 7.80. The second kappa shape index (κ2) is 12.0. The van der Waals surface area contributed by atoms with Crippen LogP contribution in [0, 0.1) is 32.6 Å². The van der Waals surface area contributed by atoms with Gasteiger partial charge in [0.2, 0.25) is 0 Å². The van der Waals surface area contributed by atoms with Crippen molar-refractivity contribution in [1.29, 1.82) is 0 Å². The largest absolute Gasteiger partial charge is 0.370 e. The quantitative estimate of drug-likeness (QED) is 0.221. The van der Waals surface area contributed by atoms with Crippen LogP contribution in [0.1, 0.15) is 73.0 Å². The van der Waals surface area contributed by atoms with E-state index in [2.05, 4.69) is 110 Å². The van der Waals surface area contributed by atoms with Gasteiger partial charge in [0, 0.05) is 36.4 Å². The lowest BCUT2D eigenvalue weighted by molar-refractivity contribution is 0.357. The smallest absolute Gasteiger partial charge is 0.174 e. The first-order chi connectivity index (χ1) is 20.7. The number of hydrogen-bond donors (Lipinski definition) is 1. The average molecular weight is 612 g/mol. The fourth-order valence-electron chi connectivity index (χ4n) is 7.47. The second-order valence-electron chi connectivity index (χ2n) is 12.6. The van der Waals surface area contributed by atoms with Crippen molar-refractivity contribution in [2.75, 3.05) is 22.9 Å². The molecule has 2 aliphatic heterocycles. The summed E-state index contributed by atoms with van der Waals surface area (Å²) >= 11 is 13.1. The second-order valence-corrected chi connectivity index (χ2v) is 13.4. The van der Waals surface area contributed by atoms with Crippen LogP contribution in [-0.4, -0.2) is 27.8 Å². The zero-order chi connectivity index (χ0) is 30.4. The lowest BCUT2D eigenvalue weighted by Crippen LogP contribution is -2.38. The Morgan fingerprint density at radius 2 is 1.74 bits per heavy atom. The van der Waals surface area contributed by atoms with Gasteiger partial charge in [-0.25, -0.2) is 0 Å². The molecule has 1 N–H and O–H groups in total. The number of hydrogen-bond acceptors (Lipinski definition) is 3. The Hall–Kier alpha value is -3.35. The Bertz CT molecular complexity index is 1640. The van der Waals surface area contributed by atoms with E-state index in [0.717, 1.165) is 41.6 Å². The lowest BCUT2D eigenvalue weighted by atomic mass is 9.91. The summed E-state index contributed by atoms with van der Waals surface area (Å²) in [7, 11) is 0. The number of aryl methyl sites for hydroxylation is 3. The van der Waals surface area contributed by atoms with Gasteiger partial charge in [-0.2, -0.15) is 0 Å². The van der Waals surface area contributed by atoms with Crippen LogP contribution in [0.3, 0.4) is 0 Å². The van der Waals surface area contributed by atoms with Crippen LogP contribution >= 0.6 is 23.8 Å². The number of aromatic nitrogens is 2. The third-order valence-electron chi connectivity index (χ3n) is 9.23. The Kier molecular flexibility index (Phi) is 8.27. The fourth-order valence-corrected chi connectivity index (χ4v) is 8.11. The molecule has 4 heterocycles. The molecule has 2 aromatic carbocycles. The maximum atomic E-state index is 7.07. The average Bonchev–Trinajstić information content (AvgIpc) is 3.47. The van der Waals surface area contributed by atoms with Crippen molar-refractivity contribution in [3.63, 3.8) is 0 Å². The number of pyridine rings is 1. The summed E-state index contributed by atoms with van der Waals surface area (Å²) in [6.07, 6.45) is 4.09. The van der Waals surface area contributed by atoms with E-state index < -0.39 is 0 Å². The molecule has 2 aromatic heterocycles. The van der Waals surface area contributed by atoms with Crippen LogP contribution in [0.25, 0.3) is 5.69 Å². The van der Waals surface area contributed by atoms with E-state index in [1.807, 2.05) is 18.3 Å². The maximum absolute atomic E-state index is 7.07. The topological polar surface area (TPSA) is 36.3 Å². The predicted octanol–water partition coefficient (Wildman–Crippen LogP) is 8.67. The van der Waals surface area contributed by atoms with Crippen LogP contribution in [0.5, 0.6) is 0 Å². The molecule has 0 aliphatic carbocycles. The molecule has 43 heavy (non-hydrogen) atoms. The van der Waals surface area contributed by atoms with Crippen molar-refractivity contribution < 1.29 is 0 Å². The monoisotopic (exact) mass is 611 g/mol. The van der Waals surface area contributed by atoms with E-state index in [-0.39, 0.29) is 12.1 Å². The first kappa shape index (κ1) is 29.7. The highest BCUT2D eigenvalue weighted by Gasteiger charge is 2.42. The van der Waals surface area contributed by atoms with Crippen LogP contribution < -0.4 is 15.1 Å². The van der Waals surface area contributed by atoms with Crippen LogP contribution in [0.4, 0.5) is 11.4 Å². The van der Waals surface area contributed by atoms with Crippen molar-refractivity contribution in [3.05, 3.63) is 106 Å². The molecular weight excluding hydrogens is 570 g/mol. The summed E-state index contributed by atoms with van der Waals surface area (Å²) in [4.78, 5) is 9.47. The van der Waals surface area contributed by atoms with Gasteiger partial charge in [-0.05, 0) is 111 Å². The van der Waals surface area contributed by atoms with E-state index in [1.54, 1.807) is 0 Å². The van der Waals surface area contributed by atoms with Crippen LogP contribution in [-0.2, 0) is 6.42 Å². The summed E-state index contributed by atoms with van der Waals surface area (Å²) in [6, 6.07) is 21.3. The van der Waals surface area contributed by atoms with Crippen molar-refractivity contribution in [2.24, 2.45) is 11.8 Å². The van der Waals surface area contributed by atoms with Gasteiger partial charge in [-0.3, -0.25) is 4.98 Å². The van der Waals surface area contributed by atoms with Crippen LogP contribution in [0.2, 0.25) is 5.02 Å². The Labute approximate surface area is 266 Å². The lowest BCUT2D eigenvalue weighted by Gasteiger charge is -2.37. The van der Waals surface area contributed by atoms with Gasteiger partial charge >= 0.3 is 0 Å². The van der Waals surface area contributed by atoms with Crippen molar-refractivity contribution in [2.45, 2.75) is 66.5 Å². The Morgan fingerprint density at radius 1 is 0.977 bits per heavy atom. The van der Waals surface area contributed by atoms with E-state index >= 15 is 0 Å². The predicted molar refractivity (Wildman–Crippen MR) is 184 cm³/mol. The summed E-state index contributed by atoms with van der Waals surface area (Å²) < 4.78 is 2.42. The molecule has 0 spiro atoms. The fraction of sp³-hybridized carbons (Fsp3) is 0.389. The van der Waals surface area contributed by atoms with E-state index in [1.165, 1.54) is 40.2 Å². The highest BCUT2D eigenvalue weighted by Crippen LogP contribution is 2.45. The van der Waals surface area contributed by atoms with E-state index in [0.29, 0.717) is 16.9 Å². The minimum absolute atomic E-state index is 0.103. The zero-order valence-electron chi connectivity index (χ0n) is 26.1. The first-order valence-corrected chi connectivity index (χ1v) is 16.3. The number of piperidine rings is 1. The first-order valence-electron chi connectivity index (χ1n) is 15.5. The van der Waals surface area contributed by atoms with E-state index in [4.69, 9.17) is 28.8 Å². The van der Waals surface area contributed by atoms with Gasteiger partial charge < -0.3 is 19.7 Å². The molecular formula is C36H42ClN5S. The minimum Gasteiger partial charge on any atom is -0.370 e. The molecule has 2 saturated heterocycles. The number of nitrogens with one attached hydrogen (secondary N) is 1. The minimum atomic E-state index is -0.118. The number of halogens is 1. The molecule has 7 heteroatoms. The molecule has 0 bridgehead atoms. The maximum Gasteiger partial charge on any atom is 0.174 e. The summed E-state index contributed by atoms with van der Waals surface area (Å²) in [5.74, 6) is 1.30. The van der Waals surface area contributed by atoms with E-state index in [9.17, 15) is 0 Å². The van der Waals surface area contributed by atoms with Crippen molar-refractivity contribution >= 4 is 40.3 Å². The number of thiocarbonyl (C=S) groups is 1. The molecule has 4 aromatic rings. The molecule has 6 rings (SSSR count). The number of anilines is 2. The van der Waals surface area contributed by atoms with Gasteiger partial charge in [0.15, 0.2) is 5.11 Å². The van der Waals surface area contributed by atoms with Gasteiger partial charge in [0.1, 0.15) is 0 Å². The zero-order valence-corrected chi connectivity index (χ0v) is 27.6.